The van der Waals surface area contributed by atoms with Gasteiger partial charge in [-0.3, -0.25) is 0 Å². The van der Waals surface area contributed by atoms with E-state index in [1.165, 1.54) is 0 Å². The van der Waals surface area contributed by atoms with Gasteiger partial charge in [-0.15, -0.1) is 0 Å². The van der Waals surface area contributed by atoms with Crippen LogP contribution in [0.25, 0.3) is 0 Å². The van der Waals surface area contributed by atoms with E-state index < -0.39 is 7.14 Å². The Hall–Kier alpha value is -0.950. The van der Waals surface area contributed by atoms with Crippen molar-refractivity contribution in [2.75, 3.05) is 25.7 Å². The average molecular weight is 211 g/mol. The molecule has 0 fully saturated rings. The van der Waals surface area contributed by atoms with Gasteiger partial charge in [0, 0.05) is 23.5 Å². The first-order valence-electron chi connectivity index (χ1n) is 4.59. The molecule has 0 aliphatic carbocycles. The Bertz CT molecular complexity index is 422. The number of benzene rings is 1. The highest BCUT2D eigenvalue weighted by Gasteiger charge is 2.20. The van der Waals surface area contributed by atoms with Crippen LogP contribution < -0.4 is 15.8 Å². The van der Waals surface area contributed by atoms with Gasteiger partial charge in [0.1, 0.15) is 12.9 Å². The smallest absolute Gasteiger partial charge is 0.124 e. The molecular formula is C10H14NO2P. The number of hydrogen-bond acceptors (Lipinski definition) is 3. The van der Waals surface area contributed by atoms with Crippen molar-refractivity contribution in [3.8, 4) is 5.75 Å². The van der Waals surface area contributed by atoms with Crippen LogP contribution in [-0.4, -0.2) is 19.9 Å². The monoisotopic (exact) mass is 211 g/mol. The second-order valence-corrected chi connectivity index (χ2v) is 7.15. The van der Waals surface area contributed by atoms with Crippen LogP contribution in [0.5, 0.6) is 5.75 Å². The molecule has 2 N–H and O–H groups in total. The summed E-state index contributed by atoms with van der Waals surface area (Å²) in [5.41, 5.74) is 7.53. The molecule has 0 radical (unpaired) electrons. The summed E-state index contributed by atoms with van der Waals surface area (Å²) >= 11 is 0. The Morgan fingerprint density at radius 1 is 1.43 bits per heavy atom. The number of anilines is 1. The van der Waals surface area contributed by atoms with Crippen molar-refractivity contribution in [1.82, 2.24) is 0 Å². The lowest BCUT2D eigenvalue weighted by molar-refractivity contribution is 0.357. The van der Waals surface area contributed by atoms with E-state index in [0.29, 0.717) is 12.3 Å². The summed E-state index contributed by atoms with van der Waals surface area (Å²) in [6, 6.07) is 3.72. The van der Waals surface area contributed by atoms with Crippen molar-refractivity contribution >= 4 is 18.1 Å². The molecule has 1 aromatic rings. The van der Waals surface area contributed by atoms with Gasteiger partial charge < -0.3 is 15.0 Å². The first-order valence-corrected chi connectivity index (χ1v) is 7.19. The number of fused-ring (bicyclic) bond motifs is 1. The number of ether oxygens (including phenoxy) is 1. The second kappa shape index (κ2) is 3.03. The summed E-state index contributed by atoms with van der Waals surface area (Å²) < 4.78 is 17.3. The van der Waals surface area contributed by atoms with Gasteiger partial charge >= 0.3 is 0 Å². The van der Waals surface area contributed by atoms with Crippen LogP contribution in [0, 0.1) is 0 Å². The van der Waals surface area contributed by atoms with E-state index in [-0.39, 0.29) is 0 Å². The van der Waals surface area contributed by atoms with Gasteiger partial charge in [-0.1, -0.05) is 0 Å². The quantitative estimate of drug-likeness (QED) is 0.565. The molecule has 1 aliphatic heterocycles. The van der Waals surface area contributed by atoms with Crippen LogP contribution in [0.3, 0.4) is 0 Å². The van der Waals surface area contributed by atoms with E-state index in [0.717, 1.165) is 23.0 Å². The molecule has 0 unspecified atom stereocenters. The molecule has 1 aliphatic rings. The van der Waals surface area contributed by atoms with Crippen LogP contribution in [0.1, 0.15) is 5.56 Å². The van der Waals surface area contributed by atoms with E-state index in [1.54, 1.807) is 19.4 Å². The summed E-state index contributed by atoms with van der Waals surface area (Å²) in [5, 5.41) is 0.779. The van der Waals surface area contributed by atoms with E-state index in [2.05, 4.69) is 0 Å². The molecule has 76 valence electrons. The fourth-order valence-corrected chi connectivity index (χ4v) is 2.85. The Kier molecular flexibility index (Phi) is 2.07. The van der Waals surface area contributed by atoms with Crippen molar-refractivity contribution in [3.63, 3.8) is 0 Å². The Morgan fingerprint density at radius 2 is 2.14 bits per heavy atom. The van der Waals surface area contributed by atoms with Gasteiger partial charge in [0.2, 0.25) is 0 Å². The van der Waals surface area contributed by atoms with Gasteiger partial charge in [-0.05, 0) is 25.0 Å². The first kappa shape index (κ1) is 9.60. The minimum absolute atomic E-state index is 0.582. The minimum atomic E-state index is -2.27. The van der Waals surface area contributed by atoms with Crippen LogP contribution >= 0.6 is 7.14 Å². The summed E-state index contributed by atoms with van der Waals surface area (Å²) in [5.74, 6) is 0.847. The lowest BCUT2D eigenvalue weighted by Crippen LogP contribution is -2.10. The standard InChI is InChI=1S/C10H14NO2P/c1-14(2,12)10-5-7-3-4-13-9(7)6-8(10)11/h5-6H,3-4,11H2,1-2H3. The summed E-state index contributed by atoms with van der Waals surface area (Å²) in [6.07, 6.45) is 0.891. The van der Waals surface area contributed by atoms with Crippen molar-refractivity contribution in [2.45, 2.75) is 6.42 Å². The molecule has 0 saturated heterocycles. The molecule has 1 heterocycles. The predicted octanol–water partition coefficient (Wildman–Crippen LogP) is 1.45. The first-order chi connectivity index (χ1) is 6.48. The third-order valence-corrected chi connectivity index (χ3v) is 3.97. The molecule has 2 rings (SSSR count). The minimum Gasteiger partial charge on any atom is -0.493 e. The molecule has 0 spiro atoms. The zero-order chi connectivity index (χ0) is 10.3. The van der Waals surface area contributed by atoms with Crippen molar-refractivity contribution in [1.29, 1.82) is 0 Å². The van der Waals surface area contributed by atoms with Crippen molar-refractivity contribution < 1.29 is 9.30 Å². The topological polar surface area (TPSA) is 52.3 Å². The van der Waals surface area contributed by atoms with E-state index >= 15 is 0 Å². The van der Waals surface area contributed by atoms with Gasteiger partial charge in [-0.2, -0.15) is 0 Å². The highest BCUT2D eigenvalue weighted by atomic mass is 31.2. The molecule has 3 nitrogen and oxygen atoms in total. The van der Waals surface area contributed by atoms with E-state index in [9.17, 15) is 4.57 Å². The summed E-state index contributed by atoms with van der Waals surface area (Å²) in [4.78, 5) is 0. The predicted molar refractivity (Wildman–Crippen MR) is 59.1 cm³/mol. The molecule has 0 atom stereocenters. The molecule has 0 saturated carbocycles. The van der Waals surface area contributed by atoms with E-state index in [4.69, 9.17) is 10.5 Å². The van der Waals surface area contributed by atoms with Crippen molar-refractivity contribution in [3.05, 3.63) is 17.7 Å². The summed E-state index contributed by atoms with van der Waals surface area (Å²) in [6.45, 7) is 4.18. The van der Waals surface area contributed by atoms with Gasteiger partial charge in [0.25, 0.3) is 0 Å². The molecular weight excluding hydrogens is 197 g/mol. The maximum absolute atomic E-state index is 11.9. The number of nitrogens with two attached hydrogens (primary N) is 1. The maximum atomic E-state index is 11.9. The summed E-state index contributed by atoms with van der Waals surface area (Å²) in [7, 11) is -2.27. The zero-order valence-corrected chi connectivity index (χ0v) is 9.30. The van der Waals surface area contributed by atoms with Crippen LogP contribution in [-0.2, 0) is 11.0 Å². The van der Waals surface area contributed by atoms with Crippen LogP contribution in [0.2, 0.25) is 0 Å². The lowest BCUT2D eigenvalue weighted by atomic mass is 10.1. The maximum Gasteiger partial charge on any atom is 0.124 e. The second-order valence-electron chi connectivity index (χ2n) is 3.97. The van der Waals surface area contributed by atoms with E-state index in [1.807, 2.05) is 6.07 Å². The highest BCUT2D eigenvalue weighted by molar-refractivity contribution is 7.70. The fraction of sp³-hybridized carbons (Fsp3) is 0.400. The van der Waals surface area contributed by atoms with Crippen LogP contribution in [0.4, 0.5) is 5.69 Å². The van der Waals surface area contributed by atoms with Crippen molar-refractivity contribution in [2.24, 2.45) is 0 Å². The lowest BCUT2D eigenvalue weighted by Gasteiger charge is -2.11. The third kappa shape index (κ3) is 1.53. The van der Waals surface area contributed by atoms with Gasteiger partial charge in [0.05, 0.1) is 6.61 Å². The molecule has 0 aromatic heterocycles. The van der Waals surface area contributed by atoms with Gasteiger partial charge in [-0.25, -0.2) is 0 Å². The normalized spacial score (nSPS) is 15.0. The molecule has 0 amide bonds. The zero-order valence-electron chi connectivity index (χ0n) is 8.41. The number of nitrogen functional groups attached to an aromatic ring is 1. The Balaban J connectivity index is 2.59. The molecule has 0 bridgehead atoms. The molecule has 1 aromatic carbocycles. The number of hydrogen-bond donors (Lipinski definition) is 1. The fourth-order valence-electron chi connectivity index (χ4n) is 1.69. The van der Waals surface area contributed by atoms with Gasteiger partial charge in [0.15, 0.2) is 0 Å². The largest absolute Gasteiger partial charge is 0.493 e. The molecule has 14 heavy (non-hydrogen) atoms. The average Bonchev–Trinajstić information content (AvgIpc) is 2.47. The Morgan fingerprint density at radius 3 is 2.79 bits per heavy atom. The molecule has 4 heteroatoms. The third-order valence-electron chi connectivity index (χ3n) is 2.42. The highest BCUT2D eigenvalue weighted by Crippen LogP contribution is 2.40. The number of rotatable bonds is 1. The Labute approximate surface area is 83.6 Å². The van der Waals surface area contributed by atoms with Crippen LogP contribution in [0.15, 0.2) is 12.1 Å². The SMILES string of the molecule is CP(C)(=O)c1cc2c(cc1N)OCC2.